The highest BCUT2D eigenvalue weighted by Gasteiger charge is 2.13. The fourth-order valence-corrected chi connectivity index (χ4v) is 2.46. The molecule has 136 valence electrons. The number of nitrogens with one attached hydrogen (secondary N) is 1. The summed E-state index contributed by atoms with van der Waals surface area (Å²) in [6.45, 7) is 1.51. The van der Waals surface area contributed by atoms with Gasteiger partial charge >= 0.3 is 5.63 Å². The second kappa shape index (κ2) is 7.38. The Kier molecular flexibility index (Phi) is 5.00. The first-order valence-corrected chi connectivity index (χ1v) is 8.06. The van der Waals surface area contributed by atoms with E-state index >= 15 is 0 Å². The van der Waals surface area contributed by atoms with Gasteiger partial charge in [-0.25, -0.2) is 10.2 Å². The molecule has 1 heterocycles. The summed E-state index contributed by atoms with van der Waals surface area (Å²) >= 11 is 5.77. The number of non-ortho nitro benzene ring substituents is 1. The molecule has 0 radical (unpaired) electrons. The standard InChI is InChI=1S/C18H12ClN3O5/c1-10(20-21-17(23)11-2-4-13(19)5-3-11)15-9-12-8-14(22(25)26)6-7-16(12)27-18(15)24/h2-9H,1H3,(H,21,23)/b20-10-. The first-order chi connectivity index (χ1) is 12.8. The van der Waals surface area contributed by atoms with Crippen molar-refractivity contribution in [3.63, 3.8) is 0 Å². The molecule has 0 aliphatic rings. The number of hydrogen-bond acceptors (Lipinski definition) is 6. The smallest absolute Gasteiger partial charge is 0.345 e. The van der Waals surface area contributed by atoms with Crippen LogP contribution in [0.5, 0.6) is 0 Å². The van der Waals surface area contributed by atoms with Crippen LogP contribution in [0, 0.1) is 10.1 Å². The van der Waals surface area contributed by atoms with Gasteiger partial charge in [0.05, 0.1) is 16.2 Å². The summed E-state index contributed by atoms with van der Waals surface area (Å²) in [4.78, 5) is 34.6. The summed E-state index contributed by atoms with van der Waals surface area (Å²) in [5.74, 6) is -0.480. The number of halogens is 1. The van der Waals surface area contributed by atoms with Gasteiger partial charge in [0, 0.05) is 28.1 Å². The molecule has 1 N–H and O–H groups in total. The molecule has 0 bridgehead atoms. The number of hydrogen-bond donors (Lipinski definition) is 1. The lowest BCUT2D eigenvalue weighted by Gasteiger charge is -2.04. The van der Waals surface area contributed by atoms with Gasteiger partial charge in [0.25, 0.3) is 11.6 Å². The Morgan fingerprint density at radius 2 is 1.89 bits per heavy atom. The van der Waals surface area contributed by atoms with Gasteiger partial charge in [0.1, 0.15) is 5.58 Å². The van der Waals surface area contributed by atoms with Crippen LogP contribution in [0.15, 0.2) is 62.8 Å². The second-order valence-corrected chi connectivity index (χ2v) is 6.01. The summed E-state index contributed by atoms with van der Waals surface area (Å²) in [5, 5.41) is 15.7. The van der Waals surface area contributed by atoms with Gasteiger partial charge in [-0.3, -0.25) is 14.9 Å². The third-order valence-electron chi connectivity index (χ3n) is 3.75. The average Bonchev–Trinajstić information content (AvgIpc) is 2.65. The summed E-state index contributed by atoms with van der Waals surface area (Å²) < 4.78 is 5.17. The van der Waals surface area contributed by atoms with Crippen molar-refractivity contribution in [2.24, 2.45) is 5.10 Å². The lowest BCUT2D eigenvalue weighted by Crippen LogP contribution is -2.21. The molecule has 0 saturated heterocycles. The third-order valence-corrected chi connectivity index (χ3v) is 4.00. The van der Waals surface area contributed by atoms with E-state index in [0.29, 0.717) is 16.0 Å². The molecule has 0 saturated carbocycles. The fourth-order valence-electron chi connectivity index (χ4n) is 2.34. The van der Waals surface area contributed by atoms with Crippen LogP contribution >= 0.6 is 11.6 Å². The lowest BCUT2D eigenvalue weighted by molar-refractivity contribution is -0.384. The lowest BCUT2D eigenvalue weighted by atomic mass is 10.1. The molecular weight excluding hydrogens is 374 g/mol. The highest BCUT2D eigenvalue weighted by Crippen LogP contribution is 2.20. The monoisotopic (exact) mass is 385 g/mol. The number of fused-ring (bicyclic) bond motifs is 1. The largest absolute Gasteiger partial charge is 0.422 e. The van der Waals surface area contributed by atoms with E-state index in [-0.39, 0.29) is 22.5 Å². The molecule has 0 aliphatic heterocycles. The normalized spacial score (nSPS) is 11.4. The van der Waals surface area contributed by atoms with E-state index in [9.17, 15) is 19.7 Å². The number of nitro benzene ring substituents is 1. The zero-order valence-corrected chi connectivity index (χ0v) is 14.7. The van der Waals surface area contributed by atoms with Crippen molar-refractivity contribution in [2.75, 3.05) is 0 Å². The Labute approximate surface area is 157 Å². The minimum atomic E-state index is -0.668. The minimum Gasteiger partial charge on any atom is -0.422 e. The predicted octanol–water partition coefficient (Wildman–Crippen LogP) is 3.51. The molecule has 1 amide bonds. The van der Waals surface area contributed by atoms with Crippen LogP contribution in [0.3, 0.4) is 0 Å². The van der Waals surface area contributed by atoms with E-state index in [2.05, 4.69) is 10.5 Å². The van der Waals surface area contributed by atoms with Crippen LogP contribution < -0.4 is 11.1 Å². The van der Waals surface area contributed by atoms with Crippen LogP contribution in [0.25, 0.3) is 11.0 Å². The fraction of sp³-hybridized carbons (Fsp3) is 0.0556. The number of benzene rings is 2. The van der Waals surface area contributed by atoms with E-state index in [1.165, 1.54) is 43.3 Å². The number of nitrogens with zero attached hydrogens (tertiary/aromatic N) is 2. The van der Waals surface area contributed by atoms with Gasteiger partial charge in [-0.15, -0.1) is 0 Å². The van der Waals surface area contributed by atoms with E-state index in [4.69, 9.17) is 16.0 Å². The summed E-state index contributed by atoms with van der Waals surface area (Å²) in [6.07, 6.45) is 0. The maximum Gasteiger partial charge on any atom is 0.345 e. The summed E-state index contributed by atoms with van der Waals surface area (Å²) in [6, 6.07) is 11.5. The van der Waals surface area contributed by atoms with Gasteiger partial charge in [0.15, 0.2) is 0 Å². The number of amides is 1. The van der Waals surface area contributed by atoms with E-state index in [1.54, 1.807) is 12.1 Å². The zero-order chi connectivity index (χ0) is 19.6. The molecule has 0 unspecified atom stereocenters. The Bertz CT molecular complexity index is 1140. The Morgan fingerprint density at radius 1 is 1.19 bits per heavy atom. The van der Waals surface area contributed by atoms with Crippen molar-refractivity contribution < 1.29 is 14.1 Å². The van der Waals surface area contributed by atoms with Gasteiger partial charge in [0.2, 0.25) is 0 Å². The van der Waals surface area contributed by atoms with Crippen molar-refractivity contribution in [2.45, 2.75) is 6.92 Å². The maximum absolute atomic E-state index is 12.1. The zero-order valence-electron chi connectivity index (χ0n) is 13.9. The molecule has 2 aromatic carbocycles. The average molecular weight is 386 g/mol. The summed E-state index contributed by atoms with van der Waals surface area (Å²) in [7, 11) is 0. The maximum atomic E-state index is 12.1. The molecule has 8 nitrogen and oxygen atoms in total. The third kappa shape index (κ3) is 4.01. The topological polar surface area (TPSA) is 115 Å². The van der Waals surface area contributed by atoms with Gasteiger partial charge in [-0.1, -0.05) is 11.6 Å². The number of carbonyl (C=O) groups excluding carboxylic acids is 1. The van der Waals surface area contributed by atoms with Gasteiger partial charge in [-0.2, -0.15) is 5.10 Å². The van der Waals surface area contributed by atoms with Crippen molar-refractivity contribution in [3.8, 4) is 0 Å². The van der Waals surface area contributed by atoms with Crippen molar-refractivity contribution in [3.05, 3.63) is 85.2 Å². The van der Waals surface area contributed by atoms with Crippen LogP contribution in [0.4, 0.5) is 5.69 Å². The molecule has 0 fully saturated rings. The number of hydrazone groups is 1. The Hall–Kier alpha value is -3.52. The Morgan fingerprint density at radius 3 is 2.56 bits per heavy atom. The van der Waals surface area contributed by atoms with E-state index in [1.807, 2.05) is 0 Å². The predicted molar refractivity (Wildman–Crippen MR) is 100 cm³/mol. The minimum absolute atomic E-state index is 0.0828. The van der Waals surface area contributed by atoms with Crippen molar-refractivity contribution in [1.29, 1.82) is 0 Å². The number of rotatable bonds is 4. The van der Waals surface area contributed by atoms with Crippen LogP contribution in [-0.4, -0.2) is 16.5 Å². The van der Waals surface area contributed by atoms with Crippen molar-refractivity contribution in [1.82, 2.24) is 5.43 Å². The molecule has 3 aromatic rings. The first-order valence-electron chi connectivity index (χ1n) is 7.68. The molecule has 9 heteroatoms. The molecular formula is C18H12ClN3O5. The Balaban J connectivity index is 1.90. The van der Waals surface area contributed by atoms with Crippen LogP contribution in [0.2, 0.25) is 5.02 Å². The van der Waals surface area contributed by atoms with Crippen LogP contribution in [0.1, 0.15) is 22.8 Å². The number of carbonyl (C=O) groups is 1. The first kappa shape index (κ1) is 18.3. The molecule has 0 spiro atoms. The van der Waals surface area contributed by atoms with E-state index in [0.717, 1.165) is 0 Å². The quantitative estimate of drug-likeness (QED) is 0.319. The van der Waals surface area contributed by atoms with Crippen LogP contribution in [-0.2, 0) is 0 Å². The summed E-state index contributed by atoms with van der Waals surface area (Å²) in [5.41, 5.74) is 2.38. The second-order valence-electron chi connectivity index (χ2n) is 5.57. The molecule has 1 aromatic heterocycles. The van der Waals surface area contributed by atoms with Gasteiger partial charge < -0.3 is 4.42 Å². The van der Waals surface area contributed by atoms with E-state index < -0.39 is 16.5 Å². The SMILES string of the molecule is C/C(=N/NC(=O)c1ccc(Cl)cc1)c1cc2cc([N+](=O)[O-])ccc2oc1=O. The molecule has 3 rings (SSSR count). The molecule has 27 heavy (non-hydrogen) atoms. The highest BCUT2D eigenvalue weighted by molar-refractivity contribution is 6.30. The molecule has 0 aliphatic carbocycles. The van der Waals surface area contributed by atoms with Crippen molar-refractivity contribution >= 4 is 39.9 Å². The van der Waals surface area contributed by atoms with Gasteiger partial charge in [-0.05, 0) is 43.3 Å². The number of nitro groups is 1. The highest BCUT2D eigenvalue weighted by atomic mass is 35.5. The molecule has 0 atom stereocenters.